The first kappa shape index (κ1) is 14.7. The van der Waals surface area contributed by atoms with E-state index in [1.807, 2.05) is 0 Å². The molecule has 7 heteroatoms. The lowest BCUT2D eigenvalue weighted by atomic mass is 9.79. The van der Waals surface area contributed by atoms with Gasteiger partial charge in [0.05, 0.1) is 11.9 Å². The molecule has 2 rings (SSSR count). The SMILES string of the molecule is CS(=O)(=O)N1CCC2(CC1)CC(CC(=O)O)CCO2. The lowest BCUT2D eigenvalue weighted by Gasteiger charge is -2.45. The fourth-order valence-electron chi connectivity index (χ4n) is 3.12. The Hall–Kier alpha value is -0.660. The molecular weight excluding hydrogens is 270 g/mol. The van der Waals surface area contributed by atoms with Crippen LogP contribution in [0.3, 0.4) is 0 Å². The fraction of sp³-hybridized carbons (Fsp3) is 0.917. The molecule has 2 aliphatic heterocycles. The predicted molar refractivity (Wildman–Crippen MR) is 69.3 cm³/mol. The zero-order chi connectivity index (χ0) is 14.1. The Morgan fingerprint density at radius 1 is 1.42 bits per heavy atom. The van der Waals surface area contributed by atoms with Crippen LogP contribution in [0.4, 0.5) is 0 Å². The summed E-state index contributed by atoms with van der Waals surface area (Å²) in [5, 5.41) is 8.87. The smallest absolute Gasteiger partial charge is 0.303 e. The van der Waals surface area contributed by atoms with Gasteiger partial charge in [-0.05, 0) is 31.6 Å². The van der Waals surface area contributed by atoms with Gasteiger partial charge in [-0.15, -0.1) is 0 Å². The number of carboxylic acid groups (broad SMARTS) is 1. The van der Waals surface area contributed by atoms with Crippen LogP contribution in [0, 0.1) is 5.92 Å². The van der Waals surface area contributed by atoms with Crippen LogP contribution >= 0.6 is 0 Å². The van der Waals surface area contributed by atoms with Crippen molar-refractivity contribution in [3.63, 3.8) is 0 Å². The van der Waals surface area contributed by atoms with E-state index in [9.17, 15) is 13.2 Å². The van der Waals surface area contributed by atoms with Crippen molar-refractivity contribution in [2.24, 2.45) is 5.92 Å². The molecule has 0 saturated carbocycles. The van der Waals surface area contributed by atoms with Crippen molar-refractivity contribution in [1.29, 1.82) is 0 Å². The molecule has 0 aromatic rings. The number of hydrogen-bond donors (Lipinski definition) is 1. The second kappa shape index (κ2) is 5.38. The normalized spacial score (nSPS) is 28.4. The zero-order valence-corrected chi connectivity index (χ0v) is 12.0. The monoisotopic (exact) mass is 291 g/mol. The van der Waals surface area contributed by atoms with Gasteiger partial charge in [0, 0.05) is 26.1 Å². The maximum atomic E-state index is 11.5. The second-order valence-electron chi connectivity index (χ2n) is 5.65. The number of carboxylic acids is 1. The van der Waals surface area contributed by atoms with Crippen molar-refractivity contribution < 1.29 is 23.1 Å². The van der Waals surface area contributed by atoms with E-state index in [2.05, 4.69) is 0 Å². The van der Waals surface area contributed by atoms with Gasteiger partial charge in [0.25, 0.3) is 0 Å². The van der Waals surface area contributed by atoms with E-state index < -0.39 is 16.0 Å². The van der Waals surface area contributed by atoms with Crippen molar-refractivity contribution >= 4 is 16.0 Å². The van der Waals surface area contributed by atoms with Crippen molar-refractivity contribution in [1.82, 2.24) is 4.31 Å². The Bertz CT molecular complexity index is 439. The third kappa shape index (κ3) is 3.67. The standard InChI is InChI=1S/C12H21NO5S/c1-19(16,17)13-5-3-12(4-6-13)9-10(2-7-18-12)8-11(14)15/h10H,2-9H2,1H3,(H,14,15). The third-order valence-corrected chi connectivity index (χ3v) is 5.46. The van der Waals surface area contributed by atoms with Gasteiger partial charge < -0.3 is 9.84 Å². The Morgan fingerprint density at radius 2 is 2.05 bits per heavy atom. The molecule has 0 bridgehead atoms. The van der Waals surface area contributed by atoms with Gasteiger partial charge in [-0.1, -0.05) is 0 Å². The largest absolute Gasteiger partial charge is 0.481 e. The summed E-state index contributed by atoms with van der Waals surface area (Å²) in [6.07, 6.45) is 4.24. The quantitative estimate of drug-likeness (QED) is 0.826. The van der Waals surface area contributed by atoms with Crippen LogP contribution in [0.15, 0.2) is 0 Å². The van der Waals surface area contributed by atoms with Crippen LogP contribution in [-0.2, 0) is 19.6 Å². The molecule has 2 heterocycles. The van der Waals surface area contributed by atoms with Crippen LogP contribution in [0.5, 0.6) is 0 Å². The van der Waals surface area contributed by atoms with E-state index in [4.69, 9.17) is 9.84 Å². The maximum absolute atomic E-state index is 11.5. The number of aliphatic carboxylic acids is 1. The number of nitrogens with zero attached hydrogens (tertiary/aromatic N) is 1. The van der Waals surface area contributed by atoms with Crippen LogP contribution in [0.2, 0.25) is 0 Å². The second-order valence-corrected chi connectivity index (χ2v) is 7.63. The molecular formula is C12H21NO5S. The molecule has 1 unspecified atom stereocenters. The van der Waals surface area contributed by atoms with E-state index in [0.717, 1.165) is 12.8 Å². The highest BCUT2D eigenvalue weighted by molar-refractivity contribution is 7.88. The van der Waals surface area contributed by atoms with Gasteiger partial charge in [0.1, 0.15) is 0 Å². The van der Waals surface area contributed by atoms with E-state index >= 15 is 0 Å². The maximum Gasteiger partial charge on any atom is 0.303 e. The van der Waals surface area contributed by atoms with E-state index in [0.29, 0.717) is 32.5 Å². The number of piperidine rings is 1. The van der Waals surface area contributed by atoms with Gasteiger partial charge in [-0.3, -0.25) is 4.79 Å². The summed E-state index contributed by atoms with van der Waals surface area (Å²) < 4.78 is 30.3. The number of sulfonamides is 1. The zero-order valence-electron chi connectivity index (χ0n) is 11.2. The fourth-order valence-corrected chi connectivity index (χ4v) is 3.97. The minimum atomic E-state index is -3.13. The van der Waals surface area contributed by atoms with Crippen LogP contribution in [-0.4, -0.2) is 55.4 Å². The summed E-state index contributed by atoms with van der Waals surface area (Å²) >= 11 is 0. The first-order valence-corrected chi connectivity index (χ1v) is 8.46. The molecule has 1 N–H and O–H groups in total. The minimum absolute atomic E-state index is 0.149. The van der Waals surface area contributed by atoms with Crippen LogP contribution < -0.4 is 0 Å². The predicted octanol–water partition coefficient (Wildman–Crippen LogP) is 0.682. The molecule has 0 radical (unpaired) electrons. The van der Waals surface area contributed by atoms with Gasteiger partial charge in [0.15, 0.2) is 0 Å². The molecule has 6 nitrogen and oxygen atoms in total. The molecule has 0 aliphatic carbocycles. The Kier molecular flexibility index (Phi) is 4.17. The van der Waals surface area contributed by atoms with Crippen molar-refractivity contribution in [2.45, 2.75) is 37.7 Å². The van der Waals surface area contributed by atoms with E-state index in [1.165, 1.54) is 10.6 Å². The third-order valence-electron chi connectivity index (χ3n) is 4.16. The molecule has 19 heavy (non-hydrogen) atoms. The molecule has 1 spiro atoms. The lowest BCUT2D eigenvalue weighted by molar-refractivity contribution is -0.144. The van der Waals surface area contributed by atoms with Crippen LogP contribution in [0.1, 0.15) is 32.1 Å². The summed E-state index contributed by atoms with van der Waals surface area (Å²) in [5.74, 6) is -0.619. The lowest BCUT2D eigenvalue weighted by Crippen LogP contribution is -2.50. The molecule has 110 valence electrons. The summed E-state index contributed by atoms with van der Waals surface area (Å²) in [5.41, 5.74) is -0.306. The number of rotatable bonds is 3. The average molecular weight is 291 g/mol. The summed E-state index contributed by atoms with van der Waals surface area (Å²) in [4.78, 5) is 10.8. The molecule has 2 saturated heterocycles. The topological polar surface area (TPSA) is 83.9 Å². The first-order chi connectivity index (χ1) is 8.81. The summed E-state index contributed by atoms with van der Waals surface area (Å²) in [6.45, 7) is 1.52. The van der Waals surface area contributed by atoms with Gasteiger partial charge >= 0.3 is 5.97 Å². The molecule has 0 amide bonds. The molecule has 2 fully saturated rings. The van der Waals surface area contributed by atoms with Crippen molar-refractivity contribution in [2.75, 3.05) is 26.0 Å². The number of carbonyl (C=O) groups is 1. The minimum Gasteiger partial charge on any atom is -0.481 e. The molecule has 2 aliphatic rings. The Balaban J connectivity index is 1.96. The van der Waals surface area contributed by atoms with Crippen molar-refractivity contribution in [3.8, 4) is 0 Å². The molecule has 1 atom stereocenters. The summed E-state index contributed by atoms with van der Waals surface area (Å²) in [6, 6.07) is 0. The highest BCUT2D eigenvalue weighted by Crippen LogP contribution is 2.39. The van der Waals surface area contributed by atoms with E-state index in [1.54, 1.807) is 0 Å². The number of hydrogen-bond acceptors (Lipinski definition) is 4. The van der Waals surface area contributed by atoms with Gasteiger partial charge in [-0.2, -0.15) is 0 Å². The van der Waals surface area contributed by atoms with Gasteiger partial charge in [-0.25, -0.2) is 12.7 Å². The van der Waals surface area contributed by atoms with Gasteiger partial charge in [0.2, 0.25) is 10.0 Å². The van der Waals surface area contributed by atoms with E-state index in [-0.39, 0.29) is 17.9 Å². The van der Waals surface area contributed by atoms with Crippen molar-refractivity contribution in [3.05, 3.63) is 0 Å². The molecule has 0 aromatic carbocycles. The average Bonchev–Trinajstić information content (AvgIpc) is 2.27. The summed E-state index contributed by atoms with van der Waals surface area (Å²) in [7, 11) is -3.13. The highest BCUT2D eigenvalue weighted by atomic mass is 32.2. The first-order valence-electron chi connectivity index (χ1n) is 6.62. The number of ether oxygens (including phenoxy) is 1. The molecule has 0 aromatic heterocycles. The highest BCUT2D eigenvalue weighted by Gasteiger charge is 2.42. The Labute approximate surface area is 113 Å². The van der Waals surface area contributed by atoms with Crippen LogP contribution in [0.25, 0.3) is 0 Å². The Morgan fingerprint density at radius 3 is 2.58 bits per heavy atom.